The number of methoxy groups -OCH3 is 1. The van der Waals surface area contributed by atoms with Crippen molar-refractivity contribution in [3.8, 4) is 0 Å². The highest BCUT2D eigenvalue weighted by Gasteiger charge is 2.32. The molecule has 166 valence electrons. The smallest absolute Gasteiger partial charge is 0.416 e. The van der Waals surface area contributed by atoms with Gasteiger partial charge in [-0.05, 0) is 42.8 Å². The van der Waals surface area contributed by atoms with Crippen molar-refractivity contribution in [1.82, 2.24) is 0 Å². The Morgan fingerprint density at radius 2 is 1.77 bits per heavy atom. The van der Waals surface area contributed by atoms with E-state index in [0.29, 0.717) is 32.0 Å². The van der Waals surface area contributed by atoms with Crippen molar-refractivity contribution in [3.05, 3.63) is 53.1 Å². The molecule has 0 unspecified atom stereocenters. The lowest BCUT2D eigenvalue weighted by Gasteiger charge is -2.29. The van der Waals surface area contributed by atoms with Gasteiger partial charge in [0, 0.05) is 35.7 Å². The summed E-state index contributed by atoms with van der Waals surface area (Å²) in [7, 11) is 1.08. The maximum absolute atomic E-state index is 13.3. The van der Waals surface area contributed by atoms with Crippen LogP contribution in [-0.2, 0) is 15.7 Å². The lowest BCUT2D eigenvalue weighted by atomic mass is 10.1. The van der Waals surface area contributed by atoms with Crippen LogP contribution in [0.2, 0.25) is 0 Å². The van der Waals surface area contributed by atoms with E-state index in [1.165, 1.54) is 0 Å². The predicted octanol–water partition coefficient (Wildman–Crippen LogP) is 4.28. The fraction of sp³-hybridized carbons (Fsp3) is 0.333. The molecule has 1 saturated heterocycles. The van der Waals surface area contributed by atoms with Gasteiger partial charge in [0.15, 0.2) is 0 Å². The number of morpholine rings is 1. The SMILES string of the molecule is COC(=O)Nc1cc(C(=O)Nc2cc(N3CCOCC3)ccc2C)cc(C(F)(F)F)c1. The summed E-state index contributed by atoms with van der Waals surface area (Å²) in [6, 6.07) is 8.15. The number of carbonyl (C=O) groups is 2. The van der Waals surface area contributed by atoms with Crippen LogP contribution in [0.5, 0.6) is 0 Å². The number of amides is 2. The molecule has 0 saturated carbocycles. The van der Waals surface area contributed by atoms with Gasteiger partial charge < -0.3 is 19.7 Å². The zero-order valence-electron chi connectivity index (χ0n) is 17.0. The van der Waals surface area contributed by atoms with Crippen molar-refractivity contribution >= 4 is 29.1 Å². The lowest BCUT2D eigenvalue weighted by molar-refractivity contribution is -0.137. The number of halogens is 3. The summed E-state index contributed by atoms with van der Waals surface area (Å²) < 4.78 is 49.6. The molecule has 1 aliphatic heterocycles. The molecule has 0 spiro atoms. The van der Waals surface area contributed by atoms with E-state index < -0.39 is 23.7 Å². The van der Waals surface area contributed by atoms with E-state index in [1.54, 1.807) is 13.0 Å². The molecule has 2 amide bonds. The van der Waals surface area contributed by atoms with Crippen molar-refractivity contribution < 1.29 is 32.2 Å². The van der Waals surface area contributed by atoms with E-state index in [2.05, 4.69) is 20.3 Å². The number of nitrogens with zero attached hydrogens (tertiary/aromatic N) is 1. The van der Waals surface area contributed by atoms with Gasteiger partial charge in [-0.25, -0.2) is 4.79 Å². The highest BCUT2D eigenvalue weighted by atomic mass is 19.4. The summed E-state index contributed by atoms with van der Waals surface area (Å²) in [6.07, 6.45) is -5.64. The Hall–Kier alpha value is -3.27. The zero-order chi connectivity index (χ0) is 22.6. The Labute approximate surface area is 177 Å². The maximum Gasteiger partial charge on any atom is 0.416 e. The van der Waals surface area contributed by atoms with E-state index in [1.807, 2.05) is 12.1 Å². The third kappa shape index (κ3) is 5.66. The second-order valence-corrected chi connectivity index (χ2v) is 6.97. The molecule has 1 heterocycles. The van der Waals surface area contributed by atoms with Gasteiger partial charge in [-0.15, -0.1) is 0 Å². The van der Waals surface area contributed by atoms with Crippen molar-refractivity contribution in [2.75, 3.05) is 48.9 Å². The van der Waals surface area contributed by atoms with Crippen LogP contribution in [0.3, 0.4) is 0 Å². The highest BCUT2D eigenvalue weighted by Crippen LogP contribution is 2.32. The first-order valence-corrected chi connectivity index (χ1v) is 9.49. The summed E-state index contributed by atoms with van der Waals surface area (Å²) in [5.41, 5.74) is 0.591. The minimum atomic E-state index is -4.70. The summed E-state index contributed by atoms with van der Waals surface area (Å²) >= 11 is 0. The largest absolute Gasteiger partial charge is 0.453 e. The van der Waals surface area contributed by atoms with Crippen molar-refractivity contribution in [3.63, 3.8) is 0 Å². The highest BCUT2D eigenvalue weighted by molar-refractivity contribution is 6.06. The standard InChI is InChI=1S/C21H22F3N3O4/c1-13-3-4-17(27-5-7-31-8-6-27)12-18(13)26-19(28)14-9-15(21(22,23)24)11-16(10-14)25-20(29)30-2/h3-4,9-12H,5-8H2,1-2H3,(H,25,29)(H,26,28). The van der Waals surface area contributed by atoms with Crippen LogP contribution < -0.4 is 15.5 Å². The summed E-state index contributed by atoms with van der Waals surface area (Å²) in [5.74, 6) is -0.735. The van der Waals surface area contributed by atoms with Crippen LogP contribution in [0.25, 0.3) is 0 Å². The molecule has 7 nitrogen and oxygen atoms in total. The molecule has 0 radical (unpaired) electrons. The molecule has 2 aromatic rings. The molecule has 0 aromatic heterocycles. The van der Waals surface area contributed by atoms with Crippen LogP contribution in [0, 0.1) is 6.92 Å². The van der Waals surface area contributed by atoms with Crippen molar-refractivity contribution in [2.45, 2.75) is 13.1 Å². The van der Waals surface area contributed by atoms with E-state index in [9.17, 15) is 22.8 Å². The third-order valence-corrected chi connectivity index (χ3v) is 4.80. The summed E-state index contributed by atoms with van der Waals surface area (Å²) in [5, 5.41) is 4.84. The number of nitrogens with one attached hydrogen (secondary N) is 2. The van der Waals surface area contributed by atoms with Crippen LogP contribution in [-0.4, -0.2) is 45.4 Å². The van der Waals surface area contributed by atoms with Gasteiger partial charge in [0.2, 0.25) is 0 Å². The quantitative estimate of drug-likeness (QED) is 0.747. The third-order valence-electron chi connectivity index (χ3n) is 4.80. The molecular formula is C21H22F3N3O4. The van der Waals surface area contributed by atoms with E-state index in [-0.39, 0.29) is 11.3 Å². The van der Waals surface area contributed by atoms with Crippen LogP contribution in [0.1, 0.15) is 21.5 Å². The van der Waals surface area contributed by atoms with Crippen molar-refractivity contribution in [1.29, 1.82) is 0 Å². The van der Waals surface area contributed by atoms with Gasteiger partial charge in [-0.1, -0.05) is 6.07 Å². The predicted molar refractivity (Wildman–Crippen MR) is 110 cm³/mol. The molecule has 0 bridgehead atoms. The molecule has 0 aliphatic carbocycles. The number of hydrogen-bond acceptors (Lipinski definition) is 5. The number of aryl methyl sites for hydroxylation is 1. The Bertz CT molecular complexity index is 973. The Balaban J connectivity index is 1.88. The average molecular weight is 437 g/mol. The van der Waals surface area contributed by atoms with Gasteiger partial charge in [0.05, 0.1) is 25.9 Å². The van der Waals surface area contributed by atoms with Gasteiger partial charge in [0.1, 0.15) is 0 Å². The molecule has 1 fully saturated rings. The fourth-order valence-electron chi connectivity index (χ4n) is 3.12. The number of ether oxygens (including phenoxy) is 2. The molecule has 31 heavy (non-hydrogen) atoms. The first-order valence-electron chi connectivity index (χ1n) is 9.49. The second-order valence-electron chi connectivity index (χ2n) is 6.97. The minimum Gasteiger partial charge on any atom is -0.453 e. The Morgan fingerprint density at radius 3 is 2.42 bits per heavy atom. The summed E-state index contributed by atoms with van der Waals surface area (Å²) in [6.45, 7) is 4.37. The van der Waals surface area contributed by atoms with Crippen LogP contribution in [0.4, 0.5) is 35.0 Å². The second kappa shape index (κ2) is 9.25. The Morgan fingerprint density at radius 1 is 1.06 bits per heavy atom. The molecule has 3 rings (SSSR count). The van der Waals surface area contributed by atoms with Crippen LogP contribution in [0.15, 0.2) is 36.4 Å². The molecular weight excluding hydrogens is 415 g/mol. The molecule has 2 aromatic carbocycles. The number of benzene rings is 2. The monoisotopic (exact) mass is 437 g/mol. The topological polar surface area (TPSA) is 79.9 Å². The molecule has 10 heteroatoms. The number of hydrogen-bond donors (Lipinski definition) is 2. The van der Waals surface area contributed by atoms with Gasteiger partial charge >= 0.3 is 12.3 Å². The first-order chi connectivity index (χ1) is 14.7. The first kappa shape index (κ1) is 22.4. The number of alkyl halides is 3. The zero-order valence-corrected chi connectivity index (χ0v) is 17.0. The van der Waals surface area contributed by atoms with E-state index >= 15 is 0 Å². The maximum atomic E-state index is 13.3. The van der Waals surface area contributed by atoms with Gasteiger partial charge in [-0.3, -0.25) is 10.1 Å². The van der Waals surface area contributed by atoms with Crippen LogP contribution >= 0.6 is 0 Å². The lowest BCUT2D eigenvalue weighted by Crippen LogP contribution is -2.36. The van der Waals surface area contributed by atoms with E-state index in [0.717, 1.165) is 36.6 Å². The normalized spacial score (nSPS) is 14.2. The summed E-state index contributed by atoms with van der Waals surface area (Å²) in [4.78, 5) is 26.3. The number of carbonyl (C=O) groups excluding carboxylic acids is 2. The minimum absolute atomic E-state index is 0.203. The molecule has 1 aliphatic rings. The number of rotatable bonds is 4. The fourth-order valence-corrected chi connectivity index (χ4v) is 3.12. The average Bonchev–Trinajstić information content (AvgIpc) is 2.75. The number of anilines is 3. The van der Waals surface area contributed by atoms with Gasteiger partial charge in [-0.2, -0.15) is 13.2 Å². The van der Waals surface area contributed by atoms with Crippen molar-refractivity contribution in [2.24, 2.45) is 0 Å². The molecule has 0 atom stereocenters. The Kier molecular flexibility index (Phi) is 6.69. The van der Waals surface area contributed by atoms with E-state index in [4.69, 9.17) is 4.74 Å². The molecule has 2 N–H and O–H groups in total. The van der Waals surface area contributed by atoms with Gasteiger partial charge in [0.25, 0.3) is 5.91 Å².